The van der Waals surface area contributed by atoms with Gasteiger partial charge in [-0.25, -0.2) is 0 Å². The molecule has 0 radical (unpaired) electrons. The van der Waals surface area contributed by atoms with Crippen LogP contribution in [0, 0.1) is 6.92 Å². The lowest BCUT2D eigenvalue weighted by Crippen LogP contribution is -2.11. The molecule has 1 aromatic heterocycles. The minimum Gasteiger partial charge on any atom is -0.459 e. The maximum Gasteiger partial charge on any atom is 0.303 e. The Kier molecular flexibility index (Phi) is 5.92. The van der Waals surface area contributed by atoms with Crippen molar-refractivity contribution < 1.29 is 9.53 Å². The van der Waals surface area contributed by atoms with Gasteiger partial charge in [0.05, 0.1) is 5.69 Å². The predicted octanol–water partition coefficient (Wildman–Crippen LogP) is 7.03. The van der Waals surface area contributed by atoms with Gasteiger partial charge in [0.1, 0.15) is 6.61 Å². The number of aryl methyl sites for hydroxylation is 1. The van der Waals surface area contributed by atoms with E-state index in [4.69, 9.17) is 4.74 Å². The van der Waals surface area contributed by atoms with Gasteiger partial charge in [0.15, 0.2) is 0 Å². The van der Waals surface area contributed by atoms with E-state index in [-0.39, 0.29) is 18.0 Å². The van der Waals surface area contributed by atoms with Crippen molar-refractivity contribution in [1.82, 2.24) is 4.57 Å². The van der Waals surface area contributed by atoms with Crippen LogP contribution in [0.4, 0.5) is 0 Å². The Morgan fingerprint density at radius 3 is 2.28 bits per heavy atom. The van der Waals surface area contributed by atoms with Crippen LogP contribution in [0.15, 0.2) is 72.8 Å². The highest BCUT2D eigenvalue weighted by molar-refractivity contribution is 5.87. The first-order valence-corrected chi connectivity index (χ1v) is 11.1. The smallest absolute Gasteiger partial charge is 0.303 e. The summed E-state index contributed by atoms with van der Waals surface area (Å²) in [4.78, 5) is 11.5. The largest absolute Gasteiger partial charge is 0.459 e. The maximum atomic E-state index is 11.5. The number of fused-ring (bicyclic) bond motifs is 1. The lowest BCUT2D eigenvalue weighted by molar-refractivity contribution is -0.142. The molecule has 0 aliphatic carbocycles. The lowest BCUT2D eigenvalue weighted by atomic mass is 9.87. The Hall–Kier alpha value is -3.33. The van der Waals surface area contributed by atoms with Crippen LogP contribution in [0.1, 0.15) is 50.1 Å². The minimum absolute atomic E-state index is 0.130. The van der Waals surface area contributed by atoms with Gasteiger partial charge in [0, 0.05) is 24.4 Å². The molecule has 0 spiro atoms. The monoisotopic (exact) mass is 425 g/mol. The normalized spacial score (nSPS) is 11.7. The molecule has 0 saturated carbocycles. The molecule has 0 saturated heterocycles. The first-order valence-electron chi connectivity index (χ1n) is 11.1. The fourth-order valence-electron chi connectivity index (χ4n) is 4.11. The first-order chi connectivity index (χ1) is 15.2. The molecule has 0 atom stereocenters. The van der Waals surface area contributed by atoms with E-state index in [9.17, 15) is 4.79 Å². The van der Waals surface area contributed by atoms with Gasteiger partial charge >= 0.3 is 5.97 Å². The van der Waals surface area contributed by atoms with Gasteiger partial charge in [-0.3, -0.25) is 4.79 Å². The van der Waals surface area contributed by atoms with E-state index in [1.54, 1.807) is 0 Å². The fraction of sp³-hybridized carbons (Fsp3) is 0.276. The molecule has 3 nitrogen and oxygen atoms in total. The molecule has 32 heavy (non-hydrogen) atoms. The van der Waals surface area contributed by atoms with Crippen LogP contribution in [0.2, 0.25) is 0 Å². The van der Waals surface area contributed by atoms with Crippen LogP contribution in [0.25, 0.3) is 22.0 Å². The van der Waals surface area contributed by atoms with Crippen molar-refractivity contribution in [2.24, 2.45) is 0 Å². The molecule has 0 aliphatic rings. The summed E-state index contributed by atoms with van der Waals surface area (Å²) < 4.78 is 7.62. The van der Waals surface area contributed by atoms with Crippen molar-refractivity contribution in [1.29, 1.82) is 0 Å². The zero-order chi connectivity index (χ0) is 22.9. The molecular formula is C29H31NO2. The predicted molar refractivity (Wildman–Crippen MR) is 132 cm³/mol. The summed E-state index contributed by atoms with van der Waals surface area (Å²) in [7, 11) is 0. The molecule has 0 unspecified atom stereocenters. The number of aromatic nitrogens is 1. The average molecular weight is 426 g/mol. The van der Waals surface area contributed by atoms with Crippen LogP contribution in [0.3, 0.4) is 0 Å². The van der Waals surface area contributed by atoms with E-state index < -0.39 is 0 Å². The van der Waals surface area contributed by atoms with Gasteiger partial charge in [-0.05, 0) is 52.8 Å². The number of ether oxygens (including phenoxy) is 1. The van der Waals surface area contributed by atoms with E-state index >= 15 is 0 Å². The molecular weight excluding hydrogens is 394 g/mol. The first kappa shape index (κ1) is 21.9. The molecule has 4 aromatic rings. The summed E-state index contributed by atoms with van der Waals surface area (Å²) in [6.07, 6.45) is 0. The number of rotatable bonds is 5. The zero-order valence-electron chi connectivity index (χ0n) is 19.6. The van der Waals surface area contributed by atoms with Gasteiger partial charge < -0.3 is 9.30 Å². The molecule has 3 heteroatoms. The van der Waals surface area contributed by atoms with Crippen molar-refractivity contribution in [2.45, 2.75) is 53.2 Å². The number of nitrogens with zero attached hydrogens (tertiary/aromatic N) is 1. The van der Waals surface area contributed by atoms with E-state index in [1.807, 2.05) is 0 Å². The van der Waals surface area contributed by atoms with E-state index in [0.717, 1.165) is 23.1 Å². The van der Waals surface area contributed by atoms with Crippen molar-refractivity contribution in [3.8, 4) is 11.1 Å². The van der Waals surface area contributed by atoms with Crippen LogP contribution in [-0.2, 0) is 28.1 Å². The van der Waals surface area contributed by atoms with E-state index in [2.05, 4.69) is 105 Å². The van der Waals surface area contributed by atoms with Gasteiger partial charge in [0.2, 0.25) is 0 Å². The lowest BCUT2D eigenvalue weighted by Gasteiger charge is -2.19. The molecule has 0 amide bonds. The second-order valence-electron chi connectivity index (χ2n) is 9.59. The van der Waals surface area contributed by atoms with Gasteiger partial charge in [-0.1, -0.05) is 80.9 Å². The van der Waals surface area contributed by atoms with Crippen LogP contribution in [0.5, 0.6) is 0 Å². The van der Waals surface area contributed by atoms with Crippen LogP contribution >= 0.6 is 0 Å². The molecule has 0 N–H and O–H groups in total. The number of esters is 1. The maximum absolute atomic E-state index is 11.5. The minimum atomic E-state index is -0.267. The molecule has 0 aliphatic heterocycles. The quantitative estimate of drug-likeness (QED) is 0.322. The number of carbonyl (C=O) groups excluding carboxylic acids is 1. The van der Waals surface area contributed by atoms with E-state index in [1.165, 1.54) is 34.7 Å². The summed E-state index contributed by atoms with van der Waals surface area (Å²) in [5.41, 5.74) is 8.45. The molecule has 3 aromatic carbocycles. The highest BCUT2D eigenvalue weighted by Crippen LogP contribution is 2.29. The Labute approximate surface area is 190 Å². The zero-order valence-corrected chi connectivity index (χ0v) is 19.6. The van der Waals surface area contributed by atoms with Crippen molar-refractivity contribution in [2.75, 3.05) is 0 Å². The summed E-state index contributed by atoms with van der Waals surface area (Å²) in [5.74, 6) is -0.267. The van der Waals surface area contributed by atoms with Crippen LogP contribution < -0.4 is 0 Å². The Balaban J connectivity index is 1.73. The second kappa shape index (κ2) is 8.66. The second-order valence-corrected chi connectivity index (χ2v) is 9.59. The molecule has 0 fully saturated rings. The summed E-state index contributed by atoms with van der Waals surface area (Å²) in [5, 5.41) is 1.15. The van der Waals surface area contributed by atoms with Gasteiger partial charge in [-0.2, -0.15) is 0 Å². The number of carbonyl (C=O) groups is 1. The standard InChI is InChI=1S/C29H31NO2/c1-20-7-6-8-23(15-20)24-11-14-28-25(16-24)17-27(19-32-21(2)31)30(28)18-22-9-12-26(13-10-22)29(3,4)5/h6-17H,18-19H2,1-5H3. The van der Waals surface area contributed by atoms with Crippen molar-refractivity contribution in [3.63, 3.8) is 0 Å². The highest BCUT2D eigenvalue weighted by atomic mass is 16.5. The Bertz CT molecular complexity index is 1260. The van der Waals surface area contributed by atoms with Crippen molar-refractivity contribution in [3.05, 3.63) is 95.2 Å². The number of hydrogen-bond donors (Lipinski definition) is 0. The molecule has 0 bridgehead atoms. The average Bonchev–Trinajstić information content (AvgIpc) is 3.08. The molecule has 1 heterocycles. The third kappa shape index (κ3) is 4.77. The SMILES string of the molecule is CC(=O)OCc1cc2cc(-c3cccc(C)c3)ccc2n1Cc1ccc(C(C)(C)C)cc1. The Morgan fingerprint density at radius 2 is 1.62 bits per heavy atom. The fourth-order valence-corrected chi connectivity index (χ4v) is 4.11. The summed E-state index contributed by atoms with van der Waals surface area (Å²) >= 11 is 0. The summed E-state index contributed by atoms with van der Waals surface area (Å²) in [6.45, 7) is 11.2. The Morgan fingerprint density at radius 1 is 0.906 bits per heavy atom. The van der Waals surface area contributed by atoms with Crippen LogP contribution in [-0.4, -0.2) is 10.5 Å². The third-order valence-electron chi connectivity index (χ3n) is 5.92. The molecule has 164 valence electrons. The van der Waals surface area contributed by atoms with E-state index in [0.29, 0.717) is 0 Å². The van der Waals surface area contributed by atoms with Gasteiger partial charge in [0.25, 0.3) is 0 Å². The molecule has 4 rings (SSSR count). The van der Waals surface area contributed by atoms with Crippen molar-refractivity contribution >= 4 is 16.9 Å². The van der Waals surface area contributed by atoms with Gasteiger partial charge in [-0.15, -0.1) is 0 Å². The number of benzene rings is 3. The highest BCUT2D eigenvalue weighted by Gasteiger charge is 2.15. The summed E-state index contributed by atoms with van der Waals surface area (Å²) in [6, 6.07) is 26.1. The number of hydrogen-bond acceptors (Lipinski definition) is 2. The topological polar surface area (TPSA) is 31.2 Å². The third-order valence-corrected chi connectivity index (χ3v) is 5.92.